The van der Waals surface area contributed by atoms with Crippen LogP contribution >= 0.6 is 0 Å². The van der Waals surface area contributed by atoms with Gasteiger partial charge in [-0.25, -0.2) is 4.79 Å². The van der Waals surface area contributed by atoms with Gasteiger partial charge in [0.15, 0.2) is 0 Å². The second-order valence-corrected chi connectivity index (χ2v) is 6.02. The van der Waals surface area contributed by atoms with Gasteiger partial charge in [0.05, 0.1) is 5.56 Å². The van der Waals surface area contributed by atoms with Crippen LogP contribution in [-0.2, 0) is 6.54 Å². The maximum absolute atomic E-state index is 11.0. The number of hydrogen-bond donors (Lipinski definition) is 2. The van der Waals surface area contributed by atoms with E-state index in [2.05, 4.69) is 24.1 Å². The predicted molar refractivity (Wildman–Crippen MR) is 79.9 cm³/mol. The largest absolute Gasteiger partial charge is 0.478 e. The summed E-state index contributed by atoms with van der Waals surface area (Å²) in [7, 11) is 0. The van der Waals surface area contributed by atoms with Crippen LogP contribution in [0, 0.1) is 5.92 Å². The Kier molecular flexibility index (Phi) is 5.15. The molecular weight excluding hydrogens is 252 g/mol. The molecule has 0 unspecified atom stereocenters. The first-order chi connectivity index (χ1) is 9.54. The van der Waals surface area contributed by atoms with E-state index in [0.29, 0.717) is 17.5 Å². The predicted octanol–water partition coefficient (Wildman–Crippen LogP) is 2.20. The zero-order chi connectivity index (χ0) is 14.5. The zero-order valence-corrected chi connectivity index (χ0v) is 12.3. The Morgan fingerprint density at radius 3 is 3.00 bits per heavy atom. The van der Waals surface area contributed by atoms with Crippen molar-refractivity contribution >= 4 is 5.97 Å². The van der Waals surface area contributed by atoms with Crippen molar-refractivity contribution in [3.05, 3.63) is 35.4 Å². The van der Waals surface area contributed by atoms with Crippen LogP contribution in [0.15, 0.2) is 24.3 Å². The van der Waals surface area contributed by atoms with Gasteiger partial charge in [0, 0.05) is 32.2 Å². The SMILES string of the molecule is CC(C)C[C@@H]1CN(Cc2cccc(C(=O)O)c2)CCN1. The van der Waals surface area contributed by atoms with E-state index in [4.69, 9.17) is 5.11 Å². The van der Waals surface area contributed by atoms with E-state index in [-0.39, 0.29) is 0 Å². The number of nitrogens with zero attached hydrogens (tertiary/aromatic N) is 1. The average Bonchev–Trinajstić information content (AvgIpc) is 2.38. The van der Waals surface area contributed by atoms with Crippen molar-refractivity contribution in [2.24, 2.45) is 5.92 Å². The summed E-state index contributed by atoms with van der Waals surface area (Å²) in [5.74, 6) is -0.160. The molecule has 0 radical (unpaired) electrons. The Hall–Kier alpha value is -1.39. The number of carboxylic acids is 1. The van der Waals surface area contributed by atoms with Crippen LogP contribution < -0.4 is 5.32 Å². The molecule has 4 nitrogen and oxygen atoms in total. The molecule has 1 aliphatic heterocycles. The molecule has 0 bridgehead atoms. The molecule has 4 heteroatoms. The molecule has 0 saturated carbocycles. The van der Waals surface area contributed by atoms with Gasteiger partial charge in [-0.05, 0) is 30.0 Å². The number of carbonyl (C=O) groups is 1. The highest BCUT2D eigenvalue weighted by Crippen LogP contribution is 2.13. The highest BCUT2D eigenvalue weighted by molar-refractivity contribution is 5.87. The number of hydrogen-bond acceptors (Lipinski definition) is 3. The standard InChI is InChI=1S/C16H24N2O2/c1-12(2)8-15-11-18(7-6-17-15)10-13-4-3-5-14(9-13)16(19)20/h3-5,9,12,15,17H,6-8,10-11H2,1-2H3,(H,19,20)/t15-/m1/s1. The molecule has 20 heavy (non-hydrogen) atoms. The van der Waals surface area contributed by atoms with Crippen LogP contribution in [0.2, 0.25) is 0 Å². The number of benzene rings is 1. The van der Waals surface area contributed by atoms with E-state index in [9.17, 15) is 4.79 Å². The molecule has 1 aromatic rings. The molecule has 0 spiro atoms. The van der Waals surface area contributed by atoms with Crippen LogP contribution in [0.3, 0.4) is 0 Å². The summed E-state index contributed by atoms with van der Waals surface area (Å²) in [4.78, 5) is 13.4. The van der Waals surface area contributed by atoms with Gasteiger partial charge in [-0.1, -0.05) is 26.0 Å². The molecule has 1 saturated heterocycles. The first kappa shape index (κ1) is 15.0. The van der Waals surface area contributed by atoms with Gasteiger partial charge in [-0.2, -0.15) is 0 Å². The van der Waals surface area contributed by atoms with Gasteiger partial charge in [0.25, 0.3) is 0 Å². The van der Waals surface area contributed by atoms with Gasteiger partial charge in [0.2, 0.25) is 0 Å². The number of rotatable bonds is 5. The summed E-state index contributed by atoms with van der Waals surface area (Å²) in [5, 5.41) is 12.6. The molecule has 1 heterocycles. The second-order valence-electron chi connectivity index (χ2n) is 6.02. The number of nitrogens with one attached hydrogen (secondary N) is 1. The van der Waals surface area contributed by atoms with Crippen molar-refractivity contribution in [1.29, 1.82) is 0 Å². The van der Waals surface area contributed by atoms with Crippen molar-refractivity contribution in [3.63, 3.8) is 0 Å². The third-order valence-corrected chi connectivity index (χ3v) is 3.68. The molecular formula is C16H24N2O2. The van der Waals surface area contributed by atoms with E-state index in [1.165, 1.54) is 6.42 Å². The lowest BCUT2D eigenvalue weighted by atomic mass is 10.0. The lowest BCUT2D eigenvalue weighted by Gasteiger charge is -2.34. The van der Waals surface area contributed by atoms with Crippen LogP contribution in [-0.4, -0.2) is 41.7 Å². The quantitative estimate of drug-likeness (QED) is 0.865. The van der Waals surface area contributed by atoms with Gasteiger partial charge in [0.1, 0.15) is 0 Å². The number of aromatic carboxylic acids is 1. The van der Waals surface area contributed by atoms with E-state index >= 15 is 0 Å². The van der Waals surface area contributed by atoms with E-state index in [0.717, 1.165) is 31.7 Å². The molecule has 0 aromatic heterocycles. The molecule has 1 aromatic carbocycles. The summed E-state index contributed by atoms with van der Waals surface area (Å²) >= 11 is 0. The number of piperazine rings is 1. The highest BCUT2D eigenvalue weighted by Gasteiger charge is 2.20. The highest BCUT2D eigenvalue weighted by atomic mass is 16.4. The molecule has 2 N–H and O–H groups in total. The molecule has 1 fully saturated rings. The lowest BCUT2D eigenvalue weighted by Crippen LogP contribution is -2.50. The minimum absolute atomic E-state index is 0.372. The van der Waals surface area contributed by atoms with Crippen LogP contribution in [0.1, 0.15) is 36.2 Å². The molecule has 0 amide bonds. The first-order valence-electron chi connectivity index (χ1n) is 7.32. The van der Waals surface area contributed by atoms with Crippen molar-refractivity contribution in [1.82, 2.24) is 10.2 Å². The van der Waals surface area contributed by atoms with E-state index in [1.807, 2.05) is 12.1 Å². The smallest absolute Gasteiger partial charge is 0.335 e. The molecule has 110 valence electrons. The van der Waals surface area contributed by atoms with Crippen molar-refractivity contribution in [2.75, 3.05) is 19.6 Å². The molecule has 2 rings (SSSR count). The Bertz CT molecular complexity index is 460. The average molecular weight is 276 g/mol. The maximum atomic E-state index is 11.0. The van der Waals surface area contributed by atoms with Crippen LogP contribution in [0.5, 0.6) is 0 Å². The fourth-order valence-electron chi connectivity index (χ4n) is 2.83. The van der Waals surface area contributed by atoms with Crippen LogP contribution in [0.4, 0.5) is 0 Å². The normalized spacial score (nSPS) is 20.2. The fourth-order valence-corrected chi connectivity index (χ4v) is 2.83. The van der Waals surface area contributed by atoms with Crippen LogP contribution in [0.25, 0.3) is 0 Å². The first-order valence-corrected chi connectivity index (χ1v) is 7.32. The van der Waals surface area contributed by atoms with E-state index < -0.39 is 5.97 Å². The minimum Gasteiger partial charge on any atom is -0.478 e. The topological polar surface area (TPSA) is 52.6 Å². The lowest BCUT2D eigenvalue weighted by molar-refractivity contribution is 0.0696. The van der Waals surface area contributed by atoms with Crippen molar-refractivity contribution in [2.45, 2.75) is 32.9 Å². The van der Waals surface area contributed by atoms with Crippen molar-refractivity contribution < 1.29 is 9.90 Å². The maximum Gasteiger partial charge on any atom is 0.335 e. The summed E-state index contributed by atoms with van der Waals surface area (Å²) in [6.45, 7) is 8.39. The Morgan fingerprint density at radius 1 is 1.50 bits per heavy atom. The van der Waals surface area contributed by atoms with Gasteiger partial charge in [-0.3, -0.25) is 4.90 Å². The third-order valence-electron chi connectivity index (χ3n) is 3.68. The molecule has 1 atom stereocenters. The van der Waals surface area contributed by atoms with E-state index in [1.54, 1.807) is 12.1 Å². The zero-order valence-electron chi connectivity index (χ0n) is 12.3. The fraction of sp³-hybridized carbons (Fsp3) is 0.562. The summed E-state index contributed by atoms with van der Waals surface area (Å²) in [6, 6.07) is 7.80. The molecule has 0 aliphatic carbocycles. The summed E-state index contributed by atoms with van der Waals surface area (Å²) in [6.07, 6.45) is 1.19. The summed E-state index contributed by atoms with van der Waals surface area (Å²) < 4.78 is 0. The van der Waals surface area contributed by atoms with Gasteiger partial charge >= 0.3 is 5.97 Å². The number of carboxylic acid groups (broad SMARTS) is 1. The monoisotopic (exact) mass is 276 g/mol. The van der Waals surface area contributed by atoms with Crippen molar-refractivity contribution in [3.8, 4) is 0 Å². The minimum atomic E-state index is -0.857. The Labute approximate surface area is 120 Å². The van der Waals surface area contributed by atoms with Gasteiger partial charge < -0.3 is 10.4 Å². The summed E-state index contributed by atoms with van der Waals surface area (Å²) in [5.41, 5.74) is 1.45. The Balaban J connectivity index is 1.95. The van der Waals surface area contributed by atoms with Gasteiger partial charge in [-0.15, -0.1) is 0 Å². The third kappa shape index (κ3) is 4.32. The Morgan fingerprint density at radius 2 is 2.30 bits per heavy atom. The molecule has 1 aliphatic rings. The second kappa shape index (κ2) is 6.86.